The highest BCUT2D eigenvalue weighted by Gasteiger charge is 2.38. The smallest absolute Gasteiger partial charge is 0.348 e. The van der Waals surface area contributed by atoms with E-state index in [1.807, 2.05) is 0 Å². The molecule has 1 rings (SSSR count). The van der Waals surface area contributed by atoms with E-state index in [9.17, 15) is 9.18 Å². The lowest BCUT2D eigenvalue weighted by Gasteiger charge is -2.19. The van der Waals surface area contributed by atoms with E-state index in [0.29, 0.717) is 4.47 Å². The van der Waals surface area contributed by atoms with Gasteiger partial charge in [0.1, 0.15) is 0 Å². The molecule has 0 fully saturated rings. The number of ether oxygens (including phenoxy) is 1. The van der Waals surface area contributed by atoms with Crippen LogP contribution in [0.25, 0.3) is 0 Å². The van der Waals surface area contributed by atoms with E-state index < -0.39 is 11.6 Å². The molecule has 0 heterocycles. The normalized spacial score (nSPS) is 14.5. The van der Waals surface area contributed by atoms with E-state index in [1.165, 1.54) is 6.07 Å². The van der Waals surface area contributed by atoms with Crippen molar-refractivity contribution in [3.8, 4) is 0 Å². The fourth-order valence-corrected chi connectivity index (χ4v) is 1.84. The molecule has 2 nitrogen and oxygen atoms in total. The number of hydrogen-bond donors (Lipinski definition) is 0. The van der Waals surface area contributed by atoms with Gasteiger partial charge >= 0.3 is 5.97 Å². The third-order valence-corrected chi connectivity index (χ3v) is 3.32. The van der Waals surface area contributed by atoms with Gasteiger partial charge in [-0.25, -0.2) is 9.18 Å². The van der Waals surface area contributed by atoms with Crippen LogP contribution in [0.2, 0.25) is 5.02 Å². The molecular weight excluding hydrogens is 286 g/mol. The SMILES string of the molecule is COC(=O)C(C)(F)c1cccc(Br)c1Cl. The molecule has 0 aromatic heterocycles. The van der Waals surface area contributed by atoms with Crippen LogP contribution < -0.4 is 0 Å². The summed E-state index contributed by atoms with van der Waals surface area (Å²) < 4.78 is 19.0. The molecule has 0 aliphatic heterocycles. The first-order chi connectivity index (χ1) is 6.91. The van der Waals surface area contributed by atoms with Crippen molar-refractivity contribution in [2.75, 3.05) is 7.11 Å². The van der Waals surface area contributed by atoms with Crippen molar-refractivity contribution in [3.05, 3.63) is 33.3 Å². The van der Waals surface area contributed by atoms with Crippen molar-refractivity contribution in [2.45, 2.75) is 12.6 Å². The van der Waals surface area contributed by atoms with Gasteiger partial charge in [-0.15, -0.1) is 0 Å². The molecule has 82 valence electrons. The van der Waals surface area contributed by atoms with Gasteiger partial charge in [0.15, 0.2) is 0 Å². The molecule has 1 atom stereocenters. The quantitative estimate of drug-likeness (QED) is 0.781. The molecule has 0 amide bonds. The topological polar surface area (TPSA) is 26.3 Å². The highest BCUT2D eigenvalue weighted by molar-refractivity contribution is 9.10. The second-order valence-corrected chi connectivity index (χ2v) is 4.33. The Bertz CT molecular complexity index is 393. The first-order valence-electron chi connectivity index (χ1n) is 4.13. The Hall–Kier alpha value is -0.610. The number of rotatable bonds is 2. The highest BCUT2D eigenvalue weighted by Crippen LogP contribution is 2.36. The summed E-state index contributed by atoms with van der Waals surface area (Å²) in [5.74, 6) is -0.970. The number of benzene rings is 1. The second-order valence-electron chi connectivity index (χ2n) is 3.10. The molecule has 1 aromatic rings. The zero-order chi connectivity index (χ0) is 11.6. The monoisotopic (exact) mass is 294 g/mol. The van der Waals surface area contributed by atoms with Crippen molar-refractivity contribution in [1.82, 2.24) is 0 Å². The first kappa shape index (κ1) is 12.5. The summed E-state index contributed by atoms with van der Waals surface area (Å²) in [7, 11) is 1.13. The number of alkyl halides is 1. The van der Waals surface area contributed by atoms with Crippen LogP contribution in [0.15, 0.2) is 22.7 Å². The van der Waals surface area contributed by atoms with Gasteiger partial charge in [-0.05, 0) is 28.9 Å². The predicted octanol–water partition coefficient (Wildman–Crippen LogP) is 3.46. The van der Waals surface area contributed by atoms with E-state index in [4.69, 9.17) is 11.6 Å². The predicted molar refractivity (Wildman–Crippen MR) is 59.6 cm³/mol. The van der Waals surface area contributed by atoms with Crippen molar-refractivity contribution >= 4 is 33.5 Å². The lowest BCUT2D eigenvalue weighted by molar-refractivity contribution is -0.154. The molecule has 1 unspecified atom stereocenters. The van der Waals surface area contributed by atoms with Gasteiger partial charge in [-0.3, -0.25) is 0 Å². The number of esters is 1. The van der Waals surface area contributed by atoms with Gasteiger partial charge < -0.3 is 4.74 Å². The summed E-state index contributed by atoms with van der Waals surface area (Å²) in [5.41, 5.74) is -2.15. The summed E-state index contributed by atoms with van der Waals surface area (Å²) in [6, 6.07) is 4.72. The molecule has 15 heavy (non-hydrogen) atoms. The van der Waals surface area contributed by atoms with Gasteiger partial charge in [-0.2, -0.15) is 0 Å². The minimum atomic E-state index is -2.24. The Labute approximate surface area is 101 Å². The Morgan fingerprint density at radius 1 is 1.60 bits per heavy atom. The van der Waals surface area contributed by atoms with Crippen molar-refractivity contribution < 1.29 is 13.9 Å². The third-order valence-electron chi connectivity index (χ3n) is 2.03. The van der Waals surface area contributed by atoms with Gasteiger partial charge in [0, 0.05) is 10.0 Å². The van der Waals surface area contributed by atoms with Crippen LogP contribution in [-0.2, 0) is 15.2 Å². The van der Waals surface area contributed by atoms with E-state index in [-0.39, 0.29) is 10.6 Å². The summed E-state index contributed by atoms with van der Waals surface area (Å²) in [4.78, 5) is 11.2. The van der Waals surface area contributed by atoms with Gasteiger partial charge in [-0.1, -0.05) is 23.7 Å². The standard InChI is InChI=1S/C10H9BrClFO2/c1-10(13,9(14)15-2)6-4-3-5-7(11)8(6)12/h3-5H,1-2H3. The maximum Gasteiger partial charge on any atom is 0.348 e. The zero-order valence-electron chi connectivity index (χ0n) is 8.18. The molecule has 5 heteroatoms. The van der Waals surface area contributed by atoms with Crippen molar-refractivity contribution in [1.29, 1.82) is 0 Å². The van der Waals surface area contributed by atoms with Crippen LogP contribution in [0.4, 0.5) is 4.39 Å². The lowest BCUT2D eigenvalue weighted by Crippen LogP contribution is -2.29. The summed E-state index contributed by atoms with van der Waals surface area (Å²) in [6.07, 6.45) is 0. The van der Waals surface area contributed by atoms with Crippen LogP contribution in [0.3, 0.4) is 0 Å². The van der Waals surface area contributed by atoms with Crippen LogP contribution in [-0.4, -0.2) is 13.1 Å². The molecule has 0 radical (unpaired) electrons. The fourth-order valence-electron chi connectivity index (χ4n) is 1.17. The van der Waals surface area contributed by atoms with Crippen LogP contribution in [0.1, 0.15) is 12.5 Å². The Morgan fingerprint density at radius 3 is 2.73 bits per heavy atom. The van der Waals surface area contributed by atoms with Gasteiger partial charge in [0.05, 0.1) is 12.1 Å². The largest absolute Gasteiger partial charge is 0.466 e. The average molecular weight is 296 g/mol. The van der Waals surface area contributed by atoms with E-state index in [2.05, 4.69) is 20.7 Å². The zero-order valence-corrected chi connectivity index (χ0v) is 10.5. The molecule has 0 spiro atoms. The minimum absolute atomic E-state index is 0.0883. The maximum atomic E-state index is 14.1. The summed E-state index contributed by atoms with van der Waals surface area (Å²) >= 11 is 9.04. The van der Waals surface area contributed by atoms with Crippen molar-refractivity contribution in [2.24, 2.45) is 0 Å². The second kappa shape index (κ2) is 4.49. The molecular formula is C10H9BrClFO2. The number of hydrogen-bond acceptors (Lipinski definition) is 2. The number of halogens is 3. The first-order valence-corrected chi connectivity index (χ1v) is 5.30. The van der Waals surface area contributed by atoms with E-state index >= 15 is 0 Å². The van der Waals surface area contributed by atoms with Crippen LogP contribution in [0, 0.1) is 0 Å². The average Bonchev–Trinajstić information content (AvgIpc) is 2.20. The highest BCUT2D eigenvalue weighted by atomic mass is 79.9. The van der Waals surface area contributed by atoms with Crippen molar-refractivity contribution in [3.63, 3.8) is 0 Å². The number of methoxy groups -OCH3 is 1. The van der Waals surface area contributed by atoms with E-state index in [0.717, 1.165) is 14.0 Å². The Kier molecular flexibility index (Phi) is 3.73. The molecule has 0 aliphatic carbocycles. The van der Waals surface area contributed by atoms with Gasteiger partial charge in [0.2, 0.25) is 5.67 Å². The molecule has 0 saturated carbocycles. The summed E-state index contributed by atoms with van der Waals surface area (Å²) in [5, 5.41) is 0.174. The Balaban J connectivity index is 3.27. The van der Waals surface area contributed by atoms with Crippen LogP contribution >= 0.6 is 27.5 Å². The maximum absolute atomic E-state index is 14.1. The summed E-state index contributed by atoms with van der Waals surface area (Å²) in [6.45, 7) is 1.12. The lowest BCUT2D eigenvalue weighted by atomic mass is 9.98. The third kappa shape index (κ3) is 2.32. The number of carbonyl (C=O) groups is 1. The number of carbonyl (C=O) groups excluding carboxylic acids is 1. The van der Waals surface area contributed by atoms with Gasteiger partial charge in [0.25, 0.3) is 0 Å². The molecule has 0 saturated heterocycles. The van der Waals surface area contributed by atoms with E-state index in [1.54, 1.807) is 12.1 Å². The molecule has 0 bridgehead atoms. The molecule has 0 N–H and O–H groups in total. The Morgan fingerprint density at radius 2 is 2.20 bits per heavy atom. The molecule has 0 aliphatic rings. The molecule has 1 aromatic carbocycles. The fraction of sp³-hybridized carbons (Fsp3) is 0.300. The minimum Gasteiger partial charge on any atom is -0.466 e. The van der Waals surface area contributed by atoms with Crippen LogP contribution in [0.5, 0.6) is 0 Å².